The minimum absolute atomic E-state index is 0.0741. The molecule has 0 radical (unpaired) electrons. The number of benzene rings is 1. The van der Waals surface area contributed by atoms with Crippen molar-refractivity contribution in [1.82, 2.24) is 15.0 Å². The minimum atomic E-state index is -0.0741. The van der Waals surface area contributed by atoms with Gasteiger partial charge in [0, 0.05) is 31.8 Å². The normalized spacial score (nSPS) is 15.2. The maximum absolute atomic E-state index is 12.3. The maximum atomic E-state index is 12.3. The van der Waals surface area contributed by atoms with Crippen molar-refractivity contribution in [3.63, 3.8) is 0 Å². The number of piperidine rings is 1. The molecule has 0 atom stereocenters. The lowest BCUT2D eigenvalue weighted by Gasteiger charge is -2.30. The molecule has 0 unspecified atom stereocenters. The molecule has 0 spiro atoms. The van der Waals surface area contributed by atoms with E-state index < -0.39 is 0 Å². The summed E-state index contributed by atoms with van der Waals surface area (Å²) in [6, 6.07) is 9.39. The van der Waals surface area contributed by atoms with Gasteiger partial charge in [-0.1, -0.05) is 23.4 Å². The van der Waals surface area contributed by atoms with Crippen molar-refractivity contribution >= 4 is 11.7 Å². The van der Waals surface area contributed by atoms with E-state index in [4.69, 9.17) is 14.0 Å². The molecule has 1 aliphatic heterocycles. The molecule has 0 bridgehead atoms. The number of para-hydroxylation sites is 1. The van der Waals surface area contributed by atoms with Gasteiger partial charge in [0.25, 0.3) is 5.89 Å². The Labute approximate surface area is 152 Å². The maximum Gasteiger partial charge on any atom is 0.321 e. The number of urea groups is 1. The summed E-state index contributed by atoms with van der Waals surface area (Å²) in [5, 5.41) is 6.97. The minimum Gasteiger partial charge on any atom is -0.382 e. The zero-order valence-corrected chi connectivity index (χ0v) is 14.9. The van der Waals surface area contributed by atoms with Crippen LogP contribution in [-0.2, 0) is 16.1 Å². The molecule has 8 heteroatoms. The number of amides is 2. The van der Waals surface area contributed by atoms with Gasteiger partial charge in [0.1, 0.15) is 6.61 Å². The number of nitrogens with zero attached hydrogens (tertiary/aromatic N) is 3. The molecule has 2 heterocycles. The summed E-state index contributed by atoms with van der Waals surface area (Å²) in [6.07, 6.45) is 1.62. The number of likely N-dealkylation sites (tertiary alicyclic amines) is 1. The fourth-order valence-electron chi connectivity index (χ4n) is 2.86. The van der Waals surface area contributed by atoms with Crippen molar-refractivity contribution in [3.8, 4) is 0 Å². The molecule has 1 fully saturated rings. The summed E-state index contributed by atoms with van der Waals surface area (Å²) in [4.78, 5) is 18.5. The predicted molar refractivity (Wildman–Crippen MR) is 94.8 cm³/mol. The highest BCUT2D eigenvalue weighted by molar-refractivity contribution is 5.89. The largest absolute Gasteiger partial charge is 0.382 e. The van der Waals surface area contributed by atoms with Gasteiger partial charge >= 0.3 is 6.03 Å². The second kappa shape index (κ2) is 9.30. The van der Waals surface area contributed by atoms with Crippen LogP contribution >= 0.6 is 0 Å². The van der Waals surface area contributed by atoms with E-state index in [2.05, 4.69) is 15.5 Å². The zero-order chi connectivity index (χ0) is 18.2. The molecular weight excluding hydrogens is 336 g/mol. The number of methoxy groups -OCH3 is 1. The van der Waals surface area contributed by atoms with Crippen LogP contribution in [0.2, 0.25) is 0 Å². The number of nitrogens with one attached hydrogen (secondary N) is 1. The highest BCUT2D eigenvalue weighted by Gasteiger charge is 2.27. The first-order valence-electron chi connectivity index (χ1n) is 8.76. The molecule has 1 aromatic carbocycles. The summed E-state index contributed by atoms with van der Waals surface area (Å²) < 4.78 is 15.5. The van der Waals surface area contributed by atoms with Crippen LogP contribution in [0.1, 0.15) is 30.5 Å². The van der Waals surface area contributed by atoms with E-state index >= 15 is 0 Å². The van der Waals surface area contributed by atoms with Crippen LogP contribution in [0.25, 0.3) is 0 Å². The number of carbonyl (C=O) groups excluding carboxylic acids is 1. The number of rotatable bonds is 7. The fourth-order valence-corrected chi connectivity index (χ4v) is 2.86. The first-order chi connectivity index (χ1) is 12.8. The number of anilines is 1. The van der Waals surface area contributed by atoms with Crippen molar-refractivity contribution in [3.05, 3.63) is 42.0 Å². The zero-order valence-electron chi connectivity index (χ0n) is 14.9. The Morgan fingerprint density at radius 1 is 1.27 bits per heavy atom. The van der Waals surface area contributed by atoms with Gasteiger partial charge in [-0.3, -0.25) is 0 Å². The van der Waals surface area contributed by atoms with Gasteiger partial charge in [0.2, 0.25) is 0 Å². The Hall–Kier alpha value is -2.45. The van der Waals surface area contributed by atoms with Crippen LogP contribution in [0, 0.1) is 0 Å². The molecule has 1 N–H and O–H groups in total. The monoisotopic (exact) mass is 360 g/mol. The van der Waals surface area contributed by atoms with E-state index in [-0.39, 0.29) is 18.6 Å². The van der Waals surface area contributed by atoms with Crippen LogP contribution in [0.4, 0.5) is 10.5 Å². The topological polar surface area (TPSA) is 89.7 Å². The summed E-state index contributed by atoms with van der Waals surface area (Å²) in [5.41, 5.74) is 0.802. The average Bonchev–Trinajstić information content (AvgIpc) is 3.15. The highest BCUT2D eigenvalue weighted by atomic mass is 16.5. The van der Waals surface area contributed by atoms with E-state index in [9.17, 15) is 4.79 Å². The van der Waals surface area contributed by atoms with Gasteiger partial charge in [-0.2, -0.15) is 4.98 Å². The van der Waals surface area contributed by atoms with Gasteiger partial charge in [-0.15, -0.1) is 0 Å². The number of hydrogen-bond acceptors (Lipinski definition) is 6. The molecule has 1 aromatic heterocycles. The molecule has 1 aliphatic rings. The second-order valence-electron chi connectivity index (χ2n) is 6.15. The third-order valence-electron chi connectivity index (χ3n) is 4.31. The van der Waals surface area contributed by atoms with Crippen molar-refractivity contribution in [2.75, 3.05) is 38.7 Å². The van der Waals surface area contributed by atoms with Gasteiger partial charge in [0.05, 0.1) is 13.2 Å². The van der Waals surface area contributed by atoms with E-state index in [1.165, 1.54) is 0 Å². The molecule has 1 saturated heterocycles. The number of carbonyl (C=O) groups is 1. The van der Waals surface area contributed by atoms with E-state index in [1.54, 1.807) is 7.11 Å². The Balaban J connectivity index is 1.45. The molecule has 0 saturated carbocycles. The molecule has 8 nitrogen and oxygen atoms in total. The van der Waals surface area contributed by atoms with Gasteiger partial charge < -0.3 is 24.2 Å². The van der Waals surface area contributed by atoms with Crippen LogP contribution in [0.3, 0.4) is 0 Å². The Bertz CT molecular complexity index is 684. The third kappa shape index (κ3) is 5.03. The van der Waals surface area contributed by atoms with E-state index in [1.807, 2.05) is 35.2 Å². The first-order valence-corrected chi connectivity index (χ1v) is 8.76. The highest BCUT2D eigenvalue weighted by Crippen LogP contribution is 2.26. The molecule has 140 valence electrons. The number of hydrogen-bond donors (Lipinski definition) is 1. The lowest BCUT2D eigenvalue weighted by molar-refractivity contribution is 0.0494. The van der Waals surface area contributed by atoms with Crippen molar-refractivity contribution in [2.24, 2.45) is 0 Å². The smallest absolute Gasteiger partial charge is 0.321 e. The second-order valence-corrected chi connectivity index (χ2v) is 6.15. The molecule has 0 aliphatic carbocycles. The van der Waals surface area contributed by atoms with Crippen LogP contribution in [0.15, 0.2) is 34.9 Å². The summed E-state index contributed by atoms with van der Waals surface area (Å²) in [6.45, 7) is 2.64. The molecule has 2 aromatic rings. The Morgan fingerprint density at radius 3 is 2.77 bits per heavy atom. The summed E-state index contributed by atoms with van der Waals surface area (Å²) in [5.74, 6) is 1.37. The predicted octanol–water partition coefficient (Wildman–Crippen LogP) is 2.64. The molecule has 2 amide bonds. The molecule has 26 heavy (non-hydrogen) atoms. The Morgan fingerprint density at radius 2 is 2.04 bits per heavy atom. The van der Waals surface area contributed by atoms with Crippen molar-refractivity contribution in [1.29, 1.82) is 0 Å². The quantitative estimate of drug-likeness (QED) is 0.764. The summed E-state index contributed by atoms with van der Waals surface area (Å²) >= 11 is 0. The SMILES string of the molecule is COCCOCc1nc(C2CCN(C(=O)Nc3ccccc3)CC2)no1. The lowest BCUT2D eigenvalue weighted by atomic mass is 9.96. The molecular formula is C18H24N4O4. The average molecular weight is 360 g/mol. The van der Waals surface area contributed by atoms with E-state index in [0.29, 0.717) is 38.0 Å². The van der Waals surface area contributed by atoms with Gasteiger partial charge in [-0.25, -0.2) is 4.79 Å². The lowest BCUT2D eigenvalue weighted by Crippen LogP contribution is -2.40. The van der Waals surface area contributed by atoms with Crippen molar-refractivity contribution < 1.29 is 18.8 Å². The standard InChI is InChI=1S/C18H24N4O4/c1-24-11-12-25-13-16-20-17(21-26-16)14-7-9-22(10-8-14)18(23)19-15-5-3-2-4-6-15/h2-6,14H,7-13H2,1H3,(H,19,23). The van der Waals surface area contributed by atoms with Gasteiger partial charge in [0.15, 0.2) is 5.82 Å². The Kier molecular flexibility index (Phi) is 6.56. The first kappa shape index (κ1) is 18.3. The van der Waals surface area contributed by atoms with E-state index in [0.717, 1.165) is 18.5 Å². The van der Waals surface area contributed by atoms with Crippen LogP contribution < -0.4 is 5.32 Å². The number of aromatic nitrogens is 2. The van der Waals surface area contributed by atoms with Crippen LogP contribution in [-0.4, -0.2) is 54.5 Å². The number of ether oxygens (including phenoxy) is 2. The van der Waals surface area contributed by atoms with Crippen molar-refractivity contribution in [2.45, 2.75) is 25.4 Å². The summed E-state index contributed by atoms with van der Waals surface area (Å²) in [7, 11) is 1.63. The third-order valence-corrected chi connectivity index (χ3v) is 4.31. The van der Waals surface area contributed by atoms with Crippen LogP contribution in [0.5, 0.6) is 0 Å². The molecule has 3 rings (SSSR count). The van der Waals surface area contributed by atoms with Gasteiger partial charge in [-0.05, 0) is 25.0 Å². The fraction of sp³-hybridized carbons (Fsp3) is 0.500.